The van der Waals surface area contributed by atoms with Gasteiger partial charge in [-0.1, -0.05) is 57.5 Å². The van der Waals surface area contributed by atoms with E-state index < -0.39 is 46.8 Å². The minimum absolute atomic E-state index is 0.00289. The smallest absolute Gasteiger partial charge is 0.245 e. The summed E-state index contributed by atoms with van der Waals surface area (Å²) in [7, 11) is 4.76. The molecular formula is C46H75N7O8S. The molecule has 1 saturated heterocycles. The number of ether oxygens (including phenoxy) is 3. The van der Waals surface area contributed by atoms with Crippen LogP contribution in [0.5, 0.6) is 0 Å². The fourth-order valence-electron chi connectivity index (χ4n) is 7.92. The zero-order chi connectivity index (χ0) is 46.4. The molecular weight excluding hydrogens is 811 g/mol. The Hall–Kier alpha value is -3.96. The summed E-state index contributed by atoms with van der Waals surface area (Å²) >= 11 is 1.49. The number of nitrogens with zero attached hydrogens (tertiary/aromatic N) is 3. The Labute approximate surface area is 374 Å². The predicted molar refractivity (Wildman–Crippen MR) is 242 cm³/mol. The van der Waals surface area contributed by atoms with Crippen molar-refractivity contribution in [3.05, 3.63) is 52.5 Å². The minimum atomic E-state index is -1.30. The summed E-state index contributed by atoms with van der Waals surface area (Å²) in [5.41, 5.74) is 4.72. The summed E-state index contributed by atoms with van der Waals surface area (Å²) in [6.45, 7) is 17.0. The molecule has 348 valence electrons. The molecule has 0 bridgehead atoms. The van der Waals surface area contributed by atoms with Crippen LogP contribution in [0.15, 0.2) is 41.9 Å². The molecule has 5 amide bonds. The van der Waals surface area contributed by atoms with Crippen molar-refractivity contribution < 1.29 is 38.2 Å². The first-order valence-corrected chi connectivity index (χ1v) is 22.8. The van der Waals surface area contributed by atoms with Crippen molar-refractivity contribution in [1.82, 2.24) is 30.7 Å². The van der Waals surface area contributed by atoms with Gasteiger partial charge < -0.3 is 45.7 Å². The van der Waals surface area contributed by atoms with Crippen molar-refractivity contribution in [2.24, 2.45) is 17.6 Å². The van der Waals surface area contributed by atoms with Crippen LogP contribution in [0.1, 0.15) is 117 Å². The van der Waals surface area contributed by atoms with E-state index >= 15 is 0 Å². The number of aromatic nitrogens is 1. The maximum atomic E-state index is 14.2. The summed E-state index contributed by atoms with van der Waals surface area (Å²) < 4.78 is 17.9. The summed E-state index contributed by atoms with van der Waals surface area (Å²) in [5, 5.41) is 11.4. The molecule has 62 heavy (non-hydrogen) atoms. The molecule has 0 radical (unpaired) electrons. The number of carbonyl (C=O) groups is 5. The normalized spacial score (nSPS) is 17.6. The Morgan fingerprint density at radius 3 is 2.29 bits per heavy atom. The second-order valence-electron chi connectivity index (χ2n) is 18.7. The van der Waals surface area contributed by atoms with E-state index in [2.05, 4.69) is 20.9 Å². The number of nitrogens with two attached hydrogens (primary N) is 1. The number of hydrogen-bond acceptors (Lipinski definition) is 11. The molecule has 5 N–H and O–H groups in total. The van der Waals surface area contributed by atoms with Gasteiger partial charge in [0.2, 0.25) is 29.5 Å². The molecule has 2 aromatic rings. The average Bonchev–Trinajstić information content (AvgIpc) is 3.95. The van der Waals surface area contributed by atoms with Gasteiger partial charge in [-0.2, -0.15) is 0 Å². The zero-order valence-corrected chi connectivity index (χ0v) is 40.1. The molecule has 1 aliphatic heterocycles. The van der Waals surface area contributed by atoms with Gasteiger partial charge in [0, 0.05) is 51.3 Å². The number of methoxy groups -OCH3 is 2. The van der Waals surface area contributed by atoms with Crippen LogP contribution < -0.4 is 21.7 Å². The topological polar surface area (TPSA) is 195 Å². The monoisotopic (exact) mass is 886 g/mol. The lowest BCUT2D eigenvalue weighted by atomic mass is 9.90. The third-order valence-corrected chi connectivity index (χ3v) is 12.8. The fraction of sp³-hybridized carbons (Fsp3) is 0.696. The lowest BCUT2D eigenvalue weighted by molar-refractivity contribution is -0.146. The standard InChI is InChI=1S/C46H75N7O8S/c1-13-30(2)39(52(10)38(56)28-49-43(58)46(8,9)51-36(54)21-22-45(6,7)61-29-44(4,5)47)35(59-11)27-37(55)53-24-17-20-34(53)40(60-12)31(3)41(57)50-33(42-48-23-25-62-42)26-32-18-15-14-16-19-32/h14-16,18-19,23,25,30-31,33-35,39-40H,13,17,20-22,24,26-29,47H2,1-12H3,(H,49,58)(H,50,57)(H,51,54)/t30-,31+,33-,34-,35+,39-,40+/m0/s1. The number of rotatable bonds is 25. The lowest BCUT2D eigenvalue weighted by Gasteiger charge is -2.39. The number of thiazole rings is 1. The highest BCUT2D eigenvalue weighted by Gasteiger charge is 2.42. The van der Waals surface area contributed by atoms with Crippen molar-refractivity contribution in [2.45, 2.75) is 154 Å². The minimum Gasteiger partial charge on any atom is -0.379 e. The van der Waals surface area contributed by atoms with Crippen molar-refractivity contribution >= 4 is 40.9 Å². The van der Waals surface area contributed by atoms with Gasteiger partial charge in [-0.25, -0.2) is 4.98 Å². The molecule has 0 unspecified atom stereocenters. The predicted octanol–water partition coefficient (Wildman–Crippen LogP) is 4.79. The Balaban J connectivity index is 1.64. The molecule has 1 aromatic carbocycles. The summed E-state index contributed by atoms with van der Waals surface area (Å²) in [6.07, 6.45) is 3.74. The van der Waals surface area contributed by atoms with E-state index in [1.54, 1.807) is 44.0 Å². The van der Waals surface area contributed by atoms with Crippen LogP contribution in [-0.4, -0.2) is 126 Å². The second-order valence-corrected chi connectivity index (χ2v) is 19.6. The van der Waals surface area contributed by atoms with E-state index in [9.17, 15) is 24.0 Å². The number of hydrogen-bond donors (Lipinski definition) is 4. The first kappa shape index (κ1) is 52.4. The van der Waals surface area contributed by atoms with Crippen LogP contribution >= 0.6 is 11.3 Å². The van der Waals surface area contributed by atoms with Crippen molar-refractivity contribution in [2.75, 3.05) is 41.0 Å². The SMILES string of the molecule is CC[C@H](C)[C@@H]([C@@H](CC(=O)N1CCC[C@H]1[C@H](OC)[C@@H](C)C(=O)N[C@@H](Cc1ccccc1)c1nccs1)OC)N(C)C(=O)CNC(=O)C(C)(C)NC(=O)CCC(C)(C)OCC(C)(C)N. The first-order chi connectivity index (χ1) is 29.0. The number of nitrogens with one attached hydrogen (secondary N) is 3. The maximum absolute atomic E-state index is 14.2. The molecule has 0 aliphatic carbocycles. The molecule has 7 atom stereocenters. The number of benzene rings is 1. The van der Waals surface area contributed by atoms with Gasteiger partial charge in [0.05, 0.1) is 61.4 Å². The van der Waals surface area contributed by atoms with Gasteiger partial charge in [0.25, 0.3) is 0 Å². The summed E-state index contributed by atoms with van der Waals surface area (Å²) in [6, 6.07) is 8.78. The Morgan fingerprint density at radius 2 is 1.71 bits per heavy atom. The fourth-order valence-corrected chi connectivity index (χ4v) is 8.61. The Morgan fingerprint density at radius 1 is 1.03 bits per heavy atom. The Kier molecular flexibility index (Phi) is 20.0. The molecule has 1 aliphatic rings. The highest BCUT2D eigenvalue weighted by atomic mass is 32.1. The van der Waals surface area contributed by atoms with Crippen molar-refractivity contribution in [1.29, 1.82) is 0 Å². The largest absolute Gasteiger partial charge is 0.379 e. The van der Waals surface area contributed by atoms with E-state index in [1.165, 1.54) is 18.4 Å². The quantitative estimate of drug-likeness (QED) is 0.108. The van der Waals surface area contributed by atoms with E-state index in [0.29, 0.717) is 38.8 Å². The second kappa shape index (κ2) is 23.6. The van der Waals surface area contributed by atoms with Crippen LogP contribution in [-0.2, 0) is 44.6 Å². The van der Waals surface area contributed by atoms with Gasteiger partial charge in [-0.15, -0.1) is 11.3 Å². The molecule has 1 aromatic heterocycles. The first-order valence-electron chi connectivity index (χ1n) is 21.9. The van der Waals surface area contributed by atoms with Gasteiger partial charge in [0.1, 0.15) is 10.5 Å². The van der Waals surface area contributed by atoms with Gasteiger partial charge in [-0.05, 0) is 78.7 Å². The van der Waals surface area contributed by atoms with Crippen LogP contribution in [0.25, 0.3) is 0 Å². The molecule has 16 heteroatoms. The Bertz CT molecular complexity index is 1740. The van der Waals surface area contributed by atoms with E-state index in [0.717, 1.165) is 17.0 Å². The highest BCUT2D eigenvalue weighted by molar-refractivity contribution is 7.09. The molecule has 3 rings (SSSR count). The van der Waals surface area contributed by atoms with Gasteiger partial charge >= 0.3 is 0 Å². The number of likely N-dealkylation sites (N-methyl/N-ethyl adjacent to an activating group) is 1. The third-order valence-electron chi connectivity index (χ3n) is 11.9. The molecule has 0 spiro atoms. The maximum Gasteiger partial charge on any atom is 0.245 e. The highest BCUT2D eigenvalue weighted by Crippen LogP contribution is 2.30. The van der Waals surface area contributed by atoms with Crippen LogP contribution in [0.3, 0.4) is 0 Å². The lowest BCUT2D eigenvalue weighted by Crippen LogP contribution is -2.57. The van der Waals surface area contributed by atoms with Crippen molar-refractivity contribution in [3.8, 4) is 0 Å². The van der Waals surface area contributed by atoms with Gasteiger partial charge in [0.15, 0.2) is 0 Å². The summed E-state index contributed by atoms with van der Waals surface area (Å²) in [4.78, 5) is 75.9. The van der Waals surface area contributed by atoms with Gasteiger partial charge in [-0.3, -0.25) is 24.0 Å². The van der Waals surface area contributed by atoms with Crippen molar-refractivity contribution in [3.63, 3.8) is 0 Å². The third kappa shape index (κ3) is 15.7. The number of carbonyl (C=O) groups excluding carboxylic acids is 5. The number of likely N-dealkylation sites (tertiary alicyclic amines) is 1. The molecule has 2 heterocycles. The zero-order valence-electron chi connectivity index (χ0n) is 39.2. The molecule has 0 saturated carbocycles. The van der Waals surface area contributed by atoms with Crippen LogP contribution in [0, 0.1) is 11.8 Å². The van der Waals surface area contributed by atoms with E-state index in [4.69, 9.17) is 19.9 Å². The average molecular weight is 886 g/mol. The van der Waals surface area contributed by atoms with E-state index in [1.807, 2.05) is 84.2 Å². The van der Waals surface area contributed by atoms with E-state index in [-0.39, 0.29) is 61.0 Å². The van der Waals surface area contributed by atoms with Crippen LogP contribution in [0.2, 0.25) is 0 Å². The summed E-state index contributed by atoms with van der Waals surface area (Å²) in [5.74, 6) is -2.20. The molecule has 15 nitrogen and oxygen atoms in total. The van der Waals surface area contributed by atoms with Crippen LogP contribution in [0.4, 0.5) is 0 Å². The number of amides is 5. The molecule has 1 fully saturated rings.